The molecule has 0 aromatic heterocycles. The molecule has 4 heteroatoms. The Balaban J connectivity index is 1.81. The Morgan fingerprint density at radius 3 is 2.60 bits per heavy atom. The first-order valence-electron chi connectivity index (χ1n) is 9.42. The number of carbonyl (C=O) groups is 2. The van der Waals surface area contributed by atoms with Crippen LogP contribution in [0, 0.1) is 28.6 Å². The highest BCUT2D eigenvalue weighted by Crippen LogP contribution is 2.70. The minimum atomic E-state index is -0.592. The second kappa shape index (κ2) is 5.45. The lowest BCUT2D eigenvalue weighted by atomic mass is 9.47. The van der Waals surface area contributed by atoms with E-state index in [9.17, 15) is 9.59 Å². The van der Waals surface area contributed by atoms with Crippen LogP contribution in [0.1, 0.15) is 52.9 Å². The van der Waals surface area contributed by atoms with Crippen molar-refractivity contribution in [2.75, 3.05) is 0 Å². The molecule has 0 saturated heterocycles. The fraction of sp³-hybridized carbons (Fsp3) is 0.714. The second-order valence-corrected chi connectivity index (χ2v) is 10.2. The number of hydrogen-bond acceptors (Lipinski definition) is 2. The van der Waals surface area contributed by atoms with E-state index in [0.717, 1.165) is 37.7 Å². The summed E-state index contributed by atoms with van der Waals surface area (Å²) in [5.74, 6) is 1.16. The fourth-order valence-electron chi connectivity index (χ4n) is 6.81. The molecule has 3 saturated carbocycles. The first-order valence-corrected chi connectivity index (χ1v) is 10.2. The summed E-state index contributed by atoms with van der Waals surface area (Å²) in [6.07, 6.45) is 10.1. The Morgan fingerprint density at radius 1 is 1.20 bits per heavy atom. The zero-order chi connectivity index (χ0) is 18.2. The first-order chi connectivity index (χ1) is 11.6. The first kappa shape index (κ1) is 17.8. The van der Waals surface area contributed by atoms with Gasteiger partial charge < -0.3 is 0 Å². The van der Waals surface area contributed by atoms with Gasteiger partial charge in [0.25, 0.3) is 0 Å². The smallest absolute Gasteiger partial charge is 0.178 e. The van der Waals surface area contributed by atoms with Gasteiger partial charge in [0.2, 0.25) is 0 Å². The summed E-state index contributed by atoms with van der Waals surface area (Å²) in [6, 6.07) is 0. The van der Waals surface area contributed by atoms with Gasteiger partial charge in [0.05, 0.1) is 10.3 Å². The molecule has 4 rings (SSSR count). The maximum absolute atomic E-state index is 12.2. The highest BCUT2D eigenvalue weighted by Gasteiger charge is 2.68. The van der Waals surface area contributed by atoms with Crippen molar-refractivity contribution in [3.05, 3.63) is 23.8 Å². The van der Waals surface area contributed by atoms with Crippen molar-refractivity contribution in [1.82, 2.24) is 0 Å². The van der Waals surface area contributed by atoms with E-state index < -0.39 is 4.87 Å². The zero-order valence-electron chi connectivity index (χ0n) is 15.1. The number of fused-ring (bicyclic) bond motifs is 5. The second-order valence-electron chi connectivity index (χ2n) is 9.05. The van der Waals surface area contributed by atoms with Crippen LogP contribution in [0.5, 0.6) is 0 Å². The van der Waals surface area contributed by atoms with E-state index in [0.29, 0.717) is 11.7 Å². The summed E-state index contributed by atoms with van der Waals surface area (Å²) in [5.41, 5.74) is 0.696. The van der Waals surface area contributed by atoms with Crippen LogP contribution in [0.25, 0.3) is 0 Å². The predicted molar refractivity (Wildman–Crippen MR) is 101 cm³/mol. The topological polar surface area (TPSA) is 34.1 Å². The number of carbonyl (C=O) groups excluding carboxylic acids is 2. The molecule has 136 valence electrons. The van der Waals surface area contributed by atoms with Gasteiger partial charge in [-0.2, -0.15) is 0 Å². The van der Waals surface area contributed by atoms with Crippen LogP contribution in [0.4, 0.5) is 0 Å². The molecule has 0 aliphatic heterocycles. The van der Waals surface area contributed by atoms with Crippen LogP contribution in [0.15, 0.2) is 23.8 Å². The number of allylic oxidation sites excluding steroid dienone is 4. The normalized spacial score (nSPS) is 51.4. The van der Waals surface area contributed by atoms with E-state index in [4.69, 9.17) is 23.2 Å². The summed E-state index contributed by atoms with van der Waals surface area (Å²) in [5, 5.41) is -0.216. The van der Waals surface area contributed by atoms with E-state index in [1.807, 2.05) is 6.08 Å². The maximum atomic E-state index is 12.2. The van der Waals surface area contributed by atoms with E-state index in [1.165, 1.54) is 0 Å². The van der Waals surface area contributed by atoms with Gasteiger partial charge in [-0.25, -0.2) is 0 Å². The third kappa shape index (κ3) is 2.10. The molecule has 4 aliphatic rings. The Labute approximate surface area is 160 Å². The maximum Gasteiger partial charge on any atom is 0.178 e. The van der Waals surface area contributed by atoms with E-state index in [-0.39, 0.29) is 33.8 Å². The standard InChI is InChI=1S/C21H26Cl2O2/c1-12(24)15-6-7-16-17-5-4-13-10-14(25)8-9-20(13,3)21(17,23)18(22)11-19(15,16)2/h8-10,15-18H,4-7,11H2,1-3H3/t15-,16+,17+,18?,19-,20+,21+/m1/s1. The predicted octanol–water partition coefficient (Wildman–Crippen LogP) is 5.08. The van der Waals surface area contributed by atoms with E-state index >= 15 is 0 Å². The van der Waals surface area contributed by atoms with Gasteiger partial charge in [-0.15, -0.1) is 23.2 Å². The number of rotatable bonds is 1. The highest BCUT2D eigenvalue weighted by atomic mass is 35.5. The summed E-state index contributed by atoms with van der Waals surface area (Å²) >= 11 is 14.4. The fourth-order valence-corrected chi connectivity index (χ4v) is 8.05. The molecule has 0 aromatic rings. The van der Waals surface area contributed by atoms with Crippen LogP contribution in [-0.2, 0) is 9.59 Å². The van der Waals surface area contributed by atoms with Crippen LogP contribution >= 0.6 is 23.2 Å². The number of ketones is 2. The molecule has 0 spiro atoms. The molecular weight excluding hydrogens is 355 g/mol. The van der Waals surface area contributed by atoms with Crippen molar-refractivity contribution < 1.29 is 9.59 Å². The minimum Gasteiger partial charge on any atom is -0.300 e. The Kier molecular flexibility index (Phi) is 3.88. The monoisotopic (exact) mass is 380 g/mol. The molecule has 7 atom stereocenters. The average Bonchev–Trinajstić information content (AvgIpc) is 2.87. The molecule has 3 fully saturated rings. The van der Waals surface area contributed by atoms with Gasteiger partial charge >= 0.3 is 0 Å². The molecule has 1 unspecified atom stereocenters. The number of alkyl halides is 2. The average molecular weight is 381 g/mol. The number of hydrogen-bond donors (Lipinski definition) is 0. The summed E-state index contributed by atoms with van der Waals surface area (Å²) < 4.78 is 0. The van der Waals surface area contributed by atoms with Crippen LogP contribution < -0.4 is 0 Å². The molecule has 4 aliphatic carbocycles. The Bertz CT molecular complexity index is 711. The lowest BCUT2D eigenvalue weighted by Gasteiger charge is -2.63. The van der Waals surface area contributed by atoms with Gasteiger partial charge in [-0.3, -0.25) is 9.59 Å². The molecule has 0 heterocycles. The molecule has 0 radical (unpaired) electrons. The molecule has 25 heavy (non-hydrogen) atoms. The molecule has 2 nitrogen and oxygen atoms in total. The third-order valence-electron chi connectivity index (χ3n) is 8.09. The van der Waals surface area contributed by atoms with Crippen molar-refractivity contribution in [3.8, 4) is 0 Å². The summed E-state index contributed by atoms with van der Waals surface area (Å²) in [7, 11) is 0. The van der Waals surface area contributed by atoms with Crippen molar-refractivity contribution in [1.29, 1.82) is 0 Å². The van der Waals surface area contributed by atoms with Crippen molar-refractivity contribution in [2.45, 2.75) is 63.1 Å². The van der Waals surface area contributed by atoms with Crippen LogP contribution in [-0.4, -0.2) is 21.8 Å². The van der Waals surface area contributed by atoms with Gasteiger partial charge in [-0.1, -0.05) is 25.5 Å². The van der Waals surface area contributed by atoms with Gasteiger partial charge in [0.1, 0.15) is 5.78 Å². The van der Waals surface area contributed by atoms with Crippen LogP contribution in [0.3, 0.4) is 0 Å². The highest BCUT2D eigenvalue weighted by molar-refractivity contribution is 6.34. The molecule has 0 N–H and O–H groups in total. The lowest BCUT2D eigenvalue weighted by molar-refractivity contribution is -0.126. The largest absolute Gasteiger partial charge is 0.300 e. The Morgan fingerprint density at radius 2 is 1.92 bits per heavy atom. The Hall–Kier alpha value is -0.600. The van der Waals surface area contributed by atoms with Gasteiger partial charge in [0.15, 0.2) is 5.78 Å². The van der Waals surface area contributed by atoms with Crippen molar-refractivity contribution >= 4 is 34.8 Å². The van der Waals surface area contributed by atoms with Gasteiger partial charge in [-0.05, 0) is 68.4 Å². The van der Waals surface area contributed by atoms with Crippen molar-refractivity contribution in [3.63, 3.8) is 0 Å². The van der Waals surface area contributed by atoms with Crippen molar-refractivity contribution in [2.24, 2.45) is 28.6 Å². The lowest BCUT2D eigenvalue weighted by Crippen LogP contribution is -2.64. The van der Waals surface area contributed by atoms with Gasteiger partial charge in [0, 0.05) is 11.3 Å². The SMILES string of the molecule is CC(=O)[C@H]1CC[C@H]2[C@@H]3CCC4=CC(=O)C=C[C@]4(C)[C@@]3(Cl)C(Cl)C[C@]12C. The summed E-state index contributed by atoms with van der Waals surface area (Å²) in [4.78, 5) is 23.5. The number of halogens is 2. The minimum absolute atomic E-state index is 0.0485. The van der Waals surface area contributed by atoms with E-state index in [2.05, 4.69) is 13.8 Å². The number of Topliss-reactive ketones (excluding diaryl/α,β-unsaturated/α-hetero) is 1. The third-order valence-corrected chi connectivity index (χ3v) is 9.63. The quantitative estimate of drug-likeness (QED) is 0.594. The van der Waals surface area contributed by atoms with E-state index in [1.54, 1.807) is 19.1 Å². The summed E-state index contributed by atoms with van der Waals surface area (Å²) in [6.45, 7) is 6.13. The molecule has 0 amide bonds. The van der Waals surface area contributed by atoms with Crippen LogP contribution in [0.2, 0.25) is 0 Å². The molecule has 0 aromatic carbocycles. The molecular formula is C21H26Cl2O2. The zero-order valence-corrected chi connectivity index (χ0v) is 16.7. The molecule has 0 bridgehead atoms.